The van der Waals surface area contributed by atoms with Crippen molar-refractivity contribution in [2.45, 2.75) is 92.2 Å². The van der Waals surface area contributed by atoms with Gasteiger partial charge in [0.25, 0.3) is 0 Å². The Morgan fingerprint density at radius 3 is 2.18 bits per heavy atom. The van der Waals surface area contributed by atoms with Crippen molar-refractivity contribution in [2.24, 2.45) is 17.8 Å². The lowest BCUT2D eigenvalue weighted by Gasteiger charge is -2.22. The van der Waals surface area contributed by atoms with Crippen molar-refractivity contribution in [1.82, 2.24) is 0 Å². The van der Waals surface area contributed by atoms with E-state index in [-0.39, 0.29) is 35.7 Å². The van der Waals surface area contributed by atoms with Crippen LogP contribution in [0.15, 0.2) is 95.4 Å². The number of Topliss-reactive ketones (excluding diaryl/α,β-unsaturated/α-hetero) is 1. The van der Waals surface area contributed by atoms with Crippen molar-refractivity contribution in [3.63, 3.8) is 0 Å². The summed E-state index contributed by atoms with van der Waals surface area (Å²) < 4.78 is 57.8. The molecule has 0 heterocycles. The molecular weight excluding hydrogens is 566 g/mol. The second-order valence-electron chi connectivity index (χ2n) is 11.6. The van der Waals surface area contributed by atoms with E-state index in [2.05, 4.69) is 25.4 Å². The summed E-state index contributed by atoms with van der Waals surface area (Å²) in [7, 11) is 0. The SMILES string of the molecule is C=C/C(=C(C(F)=C(CC)CC)/C(/C=C\C(=C)C(CC1CCC(C)C1)C(=O)Nc1ccc(C(=O)CCC)cc1)=C/C)C(F)(F)F. The van der Waals surface area contributed by atoms with Gasteiger partial charge in [0.1, 0.15) is 5.83 Å². The van der Waals surface area contributed by atoms with E-state index in [1.165, 1.54) is 18.2 Å². The van der Waals surface area contributed by atoms with E-state index >= 15 is 4.39 Å². The fourth-order valence-electron chi connectivity index (χ4n) is 5.77. The van der Waals surface area contributed by atoms with Crippen molar-refractivity contribution >= 4 is 17.4 Å². The van der Waals surface area contributed by atoms with E-state index in [0.29, 0.717) is 47.6 Å². The summed E-state index contributed by atoms with van der Waals surface area (Å²) >= 11 is 0. The minimum Gasteiger partial charge on any atom is -0.326 e. The third-order valence-electron chi connectivity index (χ3n) is 8.33. The smallest absolute Gasteiger partial charge is 0.326 e. The molecule has 240 valence electrons. The number of nitrogens with one attached hydrogen (secondary N) is 1. The molecule has 3 unspecified atom stereocenters. The van der Waals surface area contributed by atoms with Gasteiger partial charge in [0.2, 0.25) is 5.91 Å². The summed E-state index contributed by atoms with van der Waals surface area (Å²) in [6, 6.07) is 6.74. The van der Waals surface area contributed by atoms with Crippen LogP contribution in [-0.4, -0.2) is 17.9 Å². The molecule has 1 aliphatic rings. The maximum Gasteiger partial charge on any atom is 0.417 e. The molecule has 2 rings (SSSR count). The van der Waals surface area contributed by atoms with Crippen molar-refractivity contribution in [1.29, 1.82) is 0 Å². The van der Waals surface area contributed by atoms with Crippen LogP contribution in [0.3, 0.4) is 0 Å². The van der Waals surface area contributed by atoms with Crippen LogP contribution >= 0.6 is 0 Å². The lowest BCUT2D eigenvalue weighted by molar-refractivity contribution is -0.119. The molecule has 0 aromatic heterocycles. The van der Waals surface area contributed by atoms with Gasteiger partial charge in [-0.3, -0.25) is 9.59 Å². The van der Waals surface area contributed by atoms with Gasteiger partial charge in [-0.1, -0.05) is 78.0 Å². The second-order valence-corrected chi connectivity index (χ2v) is 11.6. The summed E-state index contributed by atoms with van der Waals surface area (Å²) in [6.07, 6.45) is 5.43. The average molecular weight is 614 g/mol. The molecule has 44 heavy (non-hydrogen) atoms. The molecule has 3 atom stereocenters. The Hall–Kier alpha value is -3.48. The number of carbonyl (C=O) groups is 2. The van der Waals surface area contributed by atoms with E-state index in [1.807, 2.05) is 6.92 Å². The van der Waals surface area contributed by atoms with Crippen molar-refractivity contribution < 1.29 is 27.2 Å². The minimum atomic E-state index is -4.82. The quantitative estimate of drug-likeness (QED) is 0.122. The molecule has 0 saturated heterocycles. The fourth-order valence-corrected chi connectivity index (χ4v) is 5.77. The number of hydrogen-bond acceptors (Lipinski definition) is 2. The highest BCUT2D eigenvalue weighted by Gasteiger charge is 2.36. The first-order chi connectivity index (χ1) is 20.8. The molecule has 7 heteroatoms. The first kappa shape index (κ1) is 36.7. The number of allylic oxidation sites excluding steroid dienone is 9. The molecule has 1 aliphatic carbocycles. The Labute approximate surface area is 260 Å². The van der Waals surface area contributed by atoms with Gasteiger partial charge >= 0.3 is 6.18 Å². The van der Waals surface area contributed by atoms with E-state index in [4.69, 9.17) is 0 Å². The van der Waals surface area contributed by atoms with Gasteiger partial charge in [0.05, 0.1) is 11.5 Å². The number of carbonyl (C=O) groups excluding carboxylic acids is 2. The third-order valence-corrected chi connectivity index (χ3v) is 8.33. The van der Waals surface area contributed by atoms with Gasteiger partial charge in [0.15, 0.2) is 5.78 Å². The molecule has 0 radical (unpaired) electrons. The molecule has 1 amide bonds. The van der Waals surface area contributed by atoms with Crippen molar-refractivity contribution in [2.75, 3.05) is 5.32 Å². The Kier molecular flexibility index (Phi) is 14.3. The normalized spacial score (nSPS) is 18.5. The predicted molar refractivity (Wildman–Crippen MR) is 173 cm³/mol. The van der Waals surface area contributed by atoms with E-state index in [9.17, 15) is 22.8 Å². The topological polar surface area (TPSA) is 46.2 Å². The number of halogens is 4. The monoisotopic (exact) mass is 613 g/mol. The second kappa shape index (κ2) is 17.1. The van der Waals surface area contributed by atoms with Crippen LogP contribution in [0.2, 0.25) is 0 Å². The van der Waals surface area contributed by atoms with Crippen molar-refractivity contribution in [3.05, 3.63) is 101 Å². The van der Waals surface area contributed by atoms with Gasteiger partial charge in [0, 0.05) is 23.2 Å². The molecule has 0 aliphatic heterocycles. The van der Waals surface area contributed by atoms with Crippen LogP contribution in [0.5, 0.6) is 0 Å². The number of rotatable bonds is 15. The Bertz CT molecular complexity index is 1310. The fraction of sp³-hybridized carbons (Fsp3) is 0.459. The summed E-state index contributed by atoms with van der Waals surface area (Å²) in [5, 5.41) is 2.93. The number of amides is 1. The largest absolute Gasteiger partial charge is 0.417 e. The third kappa shape index (κ3) is 10.0. The minimum absolute atomic E-state index is 0.0243. The van der Waals surface area contributed by atoms with Crippen LogP contribution in [0, 0.1) is 17.8 Å². The lowest BCUT2D eigenvalue weighted by Crippen LogP contribution is -2.26. The van der Waals surface area contributed by atoms with Gasteiger partial charge in [-0.25, -0.2) is 4.39 Å². The Morgan fingerprint density at radius 1 is 1.07 bits per heavy atom. The number of anilines is 1. The zero-order chi connectivity index (χ0) is 33.0. The summed E-state index contributed by atoms with van der Waals surface area (Å²) in [5.41, 5.74) is 0.0852. The molecule has 1 aromatic rings. The molecule has 0 spiro atoms. The summed E-state index contributed by atoms with van der Waals surface area (Å²) in [6.45, 7) is 16.5. The Balaban J connectivity index is 2.47. The predicted octanol–water partition coefficient (Wildman–Crippen LogP) is 11.2. The molecule has 1 N–H and O–H groups in total. The van der Waals surface area contributed by atoms with Crippen LogP contribution in [0.4, 0.5) is 23.2 Å². The highest BCUT2D eigenvalue weighted by Crippen LogP contribution is 2.39. The molecule has 1 saturated carbocycles. The number of hydrogen-bond donors (Lipinski definition) is 1. The first-order valence-corrected chi connectivity index (χ1v) is 15.6. The van der Waals surface area contributed by atoms with Crippen LogP contribution in [0.1, 0.15) is 96.3 Å². The summed E-state index contributed by atoms with van der Waals surface area (Å²) in [5.74, 6) is -0.989. The molecule has 3 nitrogen and oxygen atoms in total. The first-order valence-electron chi connectivity index (χ1n) is 15.6. The molecule has 1 aromatic carbocycles. The van der Waals surface area contributed by atoms with Crippen LogP contribution < -0.4 is 5.32 Å². The summed E-state index contributed by atoms with van der Waals surface area (Å²) in [4.78, 5) is 25.8. The number of benzene rings is 1. The zero-order valence-electron chi connectivity index (χ0n) is 26.8. The zero-order valence-corrected chi connectivity index (χ0v) is 26.8. The van der Waals surface area contributed by atoms with Gasteiger partial charge < -0.3 is 5.32 Å². The van der Waals surface area contributed by atoms with Crippen LogP contribution in [-0.2, 0) is 4.79 Å². The molecule has 1 fully saturated rings. The number of ketones is 1. The number of alkyl halides is 3. The standard InChI is InChI=1S/C37H47F4NO2/c1-8-13-33(43)29-18-20-30(21-19-29)42-36(44)31(23-26-16-14-24(6)22-26)25(7)15-17-28(11-4)34(32(12-5)37(39,40)41)35(38)27(9-2)10-3/h11-12,15,17-21,24,26,31H,5,7-10,13-14,16,22-23H2,1-4,6H3,(H,42,44)/b17-15-,28-11+,34-32+. The van der Waals surface area contributed by atoms with E-state index in [0.717, 1.165) is 25.7 Å². The maximum atomic E-state index is 15.7. The molecule has 0 bridgehead atoms. The van der Waals surface area contributed by atoms with Crippen molar-refractivity contribution in [3.8, 4) is 0 Å². The maximum absolute atomic E-state index is 15.7. The highest BCUT2D eigenvalue weighted by molar-refractivity contribution is 5.98. The average Bonchev–Trinajstić information content (AvgIpc) is 3.40. The Morgan fingerprint density at radius 2 is 1.70 bits per heavy atom. The van der Waals surface area contributed by atoms with E-state index in [1.54, 1.807) is 45.0 Å². The highest BCUT2D eigenvalue weighted by atomic mass is 19.4. The lowest BCUT2D eigenvalue weighted by atomic mass is 9.86. The van der Waals surface area contributed by atoms with Gasteiger partial charge in [-0.2, -0.15) is 13.2 Å². The van der Waals surface area contributed by atoms with E-state index < -0.39 is 29.1 Å². The van der Waals surface area contributed by atoms with Gasteiger partial charge in [-0.05, 0) is 91.8 Å². The molecular formula is C37H47F4NO2. The van der Waals surface area contributed by atoms with Crippen LogP contribution in [0.25, 0.3) is 0 Å². The van der Waals surface area contributed by atoms with Gasteiger partial charge in [-0.15, -0.1) is 0 Å².